The van der Waals surface area contributed by atoms with Crippen LogP contribution < -0.4 is 19.7 Å². The fourth-order valence-corrected chi connectivity index (χ4v) is 8.17. The summed E-state index contributed by atoms with van der Waals surface area (Å²) < 4.78 is 61.6. The van der Waals surface area contributed by atoms with Crippen molar-refractivity contribution in [2.75, 3.05) is 49.3 Å². The average molecular weight is 793 g/mol. The minimum absolute atomic E-state index is 0.0139. The molecule has 4 aromatic rings. The normalized spacial score (nSPS) is 13.9. The van der Waals surface area contributed by atoms with E-state index < -0.39 is 26.0 Å². The number of hydrogen-bond acceptors (Lipinski definition) is 9. The SMILES string of the molecule is CCN(CCNS(C)(=O)=O)c1ccc(N=C(C(=O)Nc2cc(Cl)ccc2C)C2=Nc3ccccc3S(=O)(=O)N2CCCOc2ccc(C)cc2C)c(C)c1. The summed E-state index contributed by atoms with van der Waals surface area (Å²) in [7, 11) is -7.54. The van der Waals surface area contributed by atoms with Crippen molar-refractivity contribution in [1.82, 2.24) is 9.03 Å². The highest BCUT2D eigenvalue weighted by molar-refractivity contribution is 7.90. The Morgan fingerprint density at radius 2 is 1.72 bits per heavy atom. The summed E-state index contributed by atoms with van der Waals surface area (Å²) >= 11 is 6.29. The van der Waals surface area contributed by atoms with E-state index in [0.717, 1.165) is 32.9 Å². The quantitative estimate of drug-likeness (QED) is 0.0987. The Labute approximate surface area is 323 Å². The van der Waals surface area contributed by atoms with E-state index in [2.05, 4.69) is 10.0 Å². The second-order valence-electron chi connectivity index (χ2n) is 13.0. The van der Waals surface area contributed by atoms with Crippen LogP contribution in [-0.2, 0) is 24.8 Å². The number of benzene rings is 4. The molecule has 54 heavy (non-hydrogen) atoms. The van der Waals surface area contributed by atoms with Crippen LogP contribution in [0.5, 0.6) is 5.75 Å². The number of aliphatic imine (C=N–C) groups is 2. The lowest BCUT2D eigenvalue weighted by molar-refractivity contribution is -0.110. The molecule has 12 nitrogen and oxygen atoms in total. The van der Waals surface area contributed by atoms with E-state index in [1.165, 1.54) is 6.07 Å². The lowest BCUT2D eigenvalue weighted by Crippen LogP contribution is -2.47. The van der Waals surface area contributed by atoms with Gasteiger partial charge in [-0.25, -0.2) is 35.8 Å². The van der Waals surface area contributed by atoms with Gasteiger partial charge in [-0.3, -0.25) is 4.79 Å². The van der Waals surface area contributed by atoms with Crippen LogP contribution in [-0.4, -0.2) is 77.6 Å². The number of ether oxygens (including phenoxy) is 1. The molecule has 5 rings (SSSR count). The Balaban J connectivity index is 1.56. The number of para-hydroxylation sites is 1. The molecular weight excluding hydrogens is 748 g/mol. The maximum absolute atomic E-state index is 14.4. The van der Waals surface area contributed by atoms with Gasteiger partial charge in [0.25, 0.3) is 15.9 Å². The zero-order valence-electron chi connectivity index (χ0n) is 31.2. The number of carbonyl (C=O) groups is 1. The molecule has 1 heterocycles. The number of nitrogens with one attached hydrogen (secondary N) is 2. The van der Waals surface area contributed by atoms with Crippen molar-refractivity contribution in [2.45, 2.75) is 45.9 Å². The molecule has 4 aromatic carbocycles. The molecule has 0 fully saturated rings. The Bertz CT molecular complexity index is 2330. The summed E-state index contributed by atoms with van der Waals surface area (Å²) in [4.78, 5) is 26.0. The van der Waals surface area contributed by atoms with Gasteiger partial charge in [-0.15, -0.1) is 0 Å². The molecule has 1 aliphatic rings. The number of amides is 1. The first kappa shape index (κ1) is 40.4. The van der Waals surface area contributed by atoms with Crippen LogP contribution in [0.2, 0.25) is 5.02 Å². The zero-order chi connectivity index (χ0) is 39.2. The van der Waals surface area contributed by atoms with Crippen molar-refractivity contribution in [3.05, 3.63) is 106 Å². The molecule has 15 heteroatoms. The van der Waals surface area contributed by atoms with E-state index >= 15 is 0 Å². The molecule has 1 aliphatic heterocycles. The number of sulfonamides is 2. The van der Waals surface area contributed by atoms with Crippen LogP contribution >= 0.6 is 11.6 Å². The number of anilines is 2. The molecule has 0 saturated carbocycles. The van der Waals surface area contributed by atoms with Crippen molar-refractivity contribution in [3.63, 3.8) is 0 Å². The fourth-order valence-electron chi connectivity index (χ4n) is 5.95. The van der Waals surface area contributed by atoms with Gasteiger partial charge in [0.2, 0.25) is 10.0 Å². The number of nitrogens with zero attached hydrogens (tertiary/aromatic N) is 4. The van der Waals surface area contributed by atoms with Crippen LogP contribution in [0, 0.1) is 27.7 Å². The molecular formula is C39H45ClN6O6S2. The summed E-state index contributed by atoms with van der Waals surface area (Å²) in [5.41, 5.74) is 5.13. The molecule has 0 spiro atoms. The van der Waals surface area contributed by atoms with E-state index in [1.807, 2.05) is 69.9 Å². The predicted octanol–water partition coefficient (Wildman–Crippen LogP) is 6.86. The number of aryl methyl sites for hydroxylation is 4. The molecule has 286 valence electrons. The number of amidine groups is 1. The third-order valence-electron chi connectivity index (χ3n) is 8.77. The smallest absolute Gasteiger partial charge is 0.278 e. The van der Waals surface area contributed by atoms with Crippen LogP contribution in [0.15, 0.2) is 93.7 Å². The summed E-state index contributed by atoms with van der Waals surface area (Å²) in [6.07, 6.45) is 1.40. The molecule has 0 bridgehead atoms. The number of rotatable bonds is 15. The van der Waals surface area contributed by atoms with Crippen molar-refractivity contribution < 1.29 is 26.4 Å². The van der Waals surface area contributed by atoms with E-state index in [9.17, 15) is 21.6 Å². The number of fused-ring (bicyclic) bond motifs is 1. The van der Waals surface area contributed by atoms with E-state index in [-0.39, 0.29) is 48.2 Å². The molecule has 0 saturated heterocycles. The van der Waals surface area contributed by atoms with Crippen molar-refractivity contribution in [1.29, 1.82) is 0 Å². The Morgan fingerprint density at radius 3 is 2.43 bits per heavy atom. The van der Waals surface area contributed by atoms with Crippen LogP contribution in [0.1, 0.15) is 35.6 Å². The van der Waals surface area contributed by atoms with Gasteiger partial charge >= 0.3 is 0 Å². The number of likely N-dealkylation sites (N-methyl/N-ethyl adjacent to an activating group) is 1. The Hall–Kier alpha value is -4.76. The van der Waals surface area contributed by atoms with Crippen LogP contribution in [0.4, 0.5) is 22.7 Å². The summed E-state index contributed by atoms with van der Waals surface area (Å²) in [6, 6.07) is 22.8. The third kappa shape index (κ3) is 9.85. The molecule has 0 aromatic heterocycles. The summed E-state index contributed by atoms with van der Waals surface area (Å²) in [5, 5.41) is 3.30. The monoisotopic (exact) mass is 792 g/mol. The van der Waals surface area contributed by atoms with Crippen LogP contribution in [0.25, 0.3) is 0 Å². The standard InChI is InChI=1S/C39H45ClN6O6S2/c1-7-45(21-19-41-53(6,48)49)31-16-17-32(28(4)24-31)42-37(39(47)44-34-25-30(40)15-14-27(34)3)38-43-33-11-8-9-12-36(33)54(50,51)46(38)20-10-22-52-35-18-13-26(2)23-29(35)5/h8-9,11-18,23-25,41H,7,10,19-22H2,1-6H3,(H,44,47). The van der Waals surface area contributed by atoms with Crippen molar-refractivity contribution in [2.24, 2.45) is 9.98 Å². The lowest BCUT2D eigenvalue weighted by atomic mass is 10.1. The average Bonchev–Trinajstić information content (AvgIpc) is 3.10. The molecule has 0 radical (unpaired) electrons. The first-order valence-corrected chi connectivity index (χ1v) is 21.2. The highest BCUT2D eigenvalue weighted by Gasteiger charge is 2.38. The topological polar surface area (TPSA) is 150 Å². The first-order valence-electron chi connectivity index (χ1n) is 17.4. The van der Waals surface area contributed by atoms with Crippen molar-refractivity contribution >= 4 is 71.9 Å². The van der Waals surface area contributed by atoms with E-state index in [0.29, 0.717) is 40.8 Å². The minimum atomic E-state index is -4.19. The van der Waals surface area contributed by atoms with Gasteiger partial charge in [0.1, 0.15) is 10.6 Å². The molecule has 0 aliphatic carbocycles. The van der Waals surface area contributed by atoms with Gasteiger partial charge in [0.05, 0.1) is 24.2 Å². The largest absolute Gasteiger partial charge is 0.493 e. The summed E-state index contributed by atoms with van der Waals surface area (Å²) in [5.74, 6) is -0.120. The maximum atomic E-state index is 14.4. The van der Waals surface area contributed by atoms with Gasteiger partial charge in [-0.1, -0.05) is 47.5 Å². The van der Waals surface area contributed by atoms with Crippen LogP contribution in [0.3, 0.4) is 0 Å². The third-order valence-corrected chi connectivity index (χ3v) is 11.6. The molecule has 0 unspecified atom stereocenters. The molecule has 1 amide bonds. The van der Waals surface area contributed by atoms with Crippen molar-refractivity contribution in [3.8, 4) is 5.75 Å². The van der Waals surface area contributed by atoms with E-state index in [1.54, 1.807) is 42.5 Å². The second-order valence-corrected chi connectivity index (χ2v) is 17.1. The maximum Gasteiger partial charge on any atom is 0.278 e. The first-order chi connectivity index (χ1) is 25.6. The number of halogens is 1. The highest BCUT2D eigenvalue weighted by Crippen LogP contribution is 2.34. The zero-order valence-corrected chi connectivity index (χ0v) is 33.6. The Morgan fingerprint density at radius 1 is 0.963 bits per heavy atom. The second kappa shape index (κ2) is 17.1. The molecule has 0 atom stereocenters. The number of hydrogen-bond donors (Lipinski definition) is 2. The number of carbonyl (C=O) groups excluding carboxylic acids is 1. The highest BCUT2D eigenvalue weighted by atomic mass is 35.5. The van der Waals surface area contributed by atoms with Gasteiger partial charge in [-0.05, 0) is 99.8 Å². The minimum Gasteiger partial charge on any atom is -0.493 e. The van der Waals surface area contributed by atoms with Gasteiger partial charge in [0.15, 0.2) is 11.5 Å². The fraction of sp³-hybridized carbons (Fsp3) is 0.308. The lowest BCUT2D eigenvalue weighted by Gasteiger charge is -2.30. The molecule has 2 N–H and O–H groups in total. The van der Waals surface area contributed by atoms with Gasteiger partial charge in [0, 0.05) is 49.0 Å². The van der Waals surface area contributed by atoms with Gasteiger partial charge in [-0.2, -0.15) is 0 Å². The predicted molar refractivity (Wildman–Crippen MR) is 217 cm³/mol. The van der Waals surface area contributed by atoms with E-state index in [4.69, 9.17) is 26.3 Å². The van der Waals surface area contributed by atoms with Gasteiger partial charge < -0.3 is 15.0 Å². The Kier molecular flexibility index (Phi) is 12.8. The summed E-state index contributed by atoms with van der Waals surface area (Å²) in [6.45, 7) is 11.0.